The number of fused-ring (bicyclic) bond motifs is 1. The molecule has 0 fully saturated rings. The number of azo groups is 1. The molecule has 1 aromatic heterocycles. The predicted octanol–water partition coefficient (Wildman–Crippen LogP) is 4.99. The van der Waals surface area contributed by atoms with Crippen LogP contribution >= 0.6 is 27.5 Å². The molecule has 0 aliphatic carbocycles. The van der Waals surface area contributed by atoms with Gasteiger partial charge in [0.15, 0.2) is 12.3 Å². The van der Waals surface area contributed by atoms with Gasteiger partial charge in [-0.25, -0.2) is 0 Å². The van der Waals surface area contributed by atoms with Crippen molar-refractivity contribution in [3.05, 3.63) is 52.0 Å². The summed E-state index contributed by atoms with van der Waals surface area (Å²) < 4.78 is 7.72. The second kappa shape index (κ2) is 7.25. The highest BCUT2D eigenvalue weighted by atomic mass is 79.9. The number of amides is 1. The molecule has 8 heteroatoms. The lowest BCUT2D eigenvalue weighted by atomic mass is 10.2. The lowest BCUT2D eigenvalue weighted by molar-refractivity contribution is -0.120. The Labute approximate surface area is 156 Å². The molecule has 0 saturated heterocycles. The minimum Gasteiger partial charge on any atom is -0.493 e. The first-order valence-corrected chi connectivity index (χ1v) is 8.42. The SMILES string of the molecule is Cn1c(O)c(N=NC(=O)COc2cccc(Cl)c2)c2cc(Br)ccc21. The van der Waals surface area contributed by atoms with Gasteiger partial charge in [-0.2, -0.15) is 0 Å². The zero-order chi connectivity index (χ0) is 18.0. The summed E-state index contributed by atoms with van der Waals surface area (Å²) in [5.74, 6) is -0.181. The summed E-state index contributed by atoms with van der Waals surface area (Å²) in [6, 6.07) is 12.2. The van der Waals surface area contributed by atoms with Crippen LogP contribution in [-0.4, -0.2) is 22.2 Å². The molecule has 3 rings (SSSR count). The third-order valence-corrected chi connectivity index (χ3v) is 4.25. The summed E-state index contributed by atoms with van der Waals surface area (Å²) in [6.07, 6.45) is 0. The van der Waals surface area contributed by atoms with Crippen LogP contribution in [0.1, 0.15) is 0 Å². The van der Waals surface area contributed by atoms with Gasteiger partial charge in [-0.15, -0.1) is 10.2 Å². The summed E-state index contributed by atoms with van der Waals surface area (Å²) in [4.78, 5) is 11.9. The first-order valence-electron chi connectivity index (χ1n) is 7.25. The number of hydrogen-bond donors (Lipinski definition) is 1. The fraction of sp³-hybridized carbons (Fsp3) is 0.118. The van der Waals surface area contributed by atoms with Gasteiger partial charge in [0.2, 0.25) is 5.88 Å². The fourth-order valence-electron chi connectivity index (χ4n) is 2.32. The van der Waals surface area contributed by atoms with Crippen molar-refractivity contribution >= 4 is 50.0 Å². The number of aryl methyl sites for hydroxylation is 1. The molecular formula is C17H13BrClN3O3. The van der Waals surface area contributed by atoms with E-state index >= 15 is 0 Å². The molecule has 0 aliphatic heterocycles. The minimum atomic E-state index is -0.577. The second-order valence-corrected chi connectivity index (χ2v) is 6.58. The smallest absolute Gasteiger partial charge is 0.302 e. The lowest BCUT2D eigenvalue weighted by Crippen LogP contribution is -2.07. The Hall–Kier alpha value is -2.38. The molecule has 0 saturated carbocycles. The molecule has 1 heterocycles. The van der Waals surface area contributed by atoms with E-state index in [2.05, 4.69) is 26.2 Å². The Bertz CT molecular complexity index is 985. The zero-order valence-electron chi connectivity index (χ0n) is 13.1. The first-order chi connectivity index (χ1) is 12.0. The van der Waals surface area contributed by atoms with Gasteiger partial charge in [-0.1, -0.05) is 33.6 Å². The van der Waals surface area contributed by atoms with Crippen LogP contribution < -0.4 is 4.74 Å². The summed E-state index contributed by atoms with van der Waals surface area (Å²) in [5, 5.41) is 18.9. The normalized spacial score (nSPS) is 11.3. The molecule has 3 aromatic rings. The van der Waals surface area contributed by atoms with Crippen LogP contribution in [0.5, 0.6) is 11.6 Å². The van der Waals surface area contributed by atoms with Crippen LogP contribution in [0.3, 0.4) is 0 Å². The molecule has 1 amide bonds. The molecule has 1 N–H and O–H groups in total. The predicted molar refractivity (Wildman–Crippen MR) is 98.8 cm³/mol. The third-order valence-electron chi connectivity index (χ3n) is 3.52. The molecule has 0 atom stereocenters. The first kappa shape index (κ1) is 17.4. The van der Waals surface area contributed by atoms with E-state index in [4.69, 9.17) is 16.3 Å². The van der Waals surface area contributed by atoms with Crippen molar-refractivity contribution in [3.8, 4) is 11.6 Å². The van der Waals surface area contributed by atoms with Crippen molar-refractivity contribution in [2.75, 3.05) is 6.61 Å². The van der Waals surface area contributed by atoms with E-state index in [1.54, 1.807) is 41.9 Å². The maximum atomic E-state index is 11.9. The molecular weight excluding hydrogens is 410 g/mol. The maximum absolute atomic E-state index is 11.9. The lowest BCUT2D eigenvalue weighted by Gasteiger charge is -2.02. The Morgan fingerprint density at radius 2 is 2.12 bits per heavy atom. The highest BCUT2D eigenvalue weighted by molar-refractivity contribution is 9.10. The maximum Gasteiger partial charge on any atom is 0.302 e. The molecule has 0 unspecified atom stereocenters. The van der Waals surface area contributed by atoms with E-state index in [9.17, 15) is 9.90 Å². The van der Waals surface area contributed by atoms with Gasteiger partial charge >= 0.3 is 5.91 Å². The van der Waals surface area contributed by atoms with Crippen LogP contribution in [0.25, 0.3) is 10.9 Å². The van der Waals surface area contributed by atoms with Gasteiger partial charge in [0, 0.05) is 21.9 Å². The van der Waals surface area contributed by atoms with E-state index in [0.717, 1.165) is 9.99 Å². The Morgan fingerprint density at radius 1 is 1.32 bits per heavy atom. The summed E-state index contributed by atoms with van der Waals surface area (Å²) in [6.45, 7) is -0.279. The monoisotopic (exact) mass is 421 g/mol. The van der Waals surface area contributed by atoms with E-state index in [1.165, 1.54) is 0 Å². The Kier molecular flexibility index (Phi) is 5.06. The number of ether oxygens (including phenoxy) is 1. The number of halogens is 2. The standard InChI is InChI=1S/C17H13BrClN3O3/c1-22-14-6-5-10(18)7-13(14)16(17(22)24)21-20-15(23)9-25-12-4-2-3-11(19)8-12/h2-8,24H,9H2,1H3. The van der Waals surface area contributed by atoms with Gasteiger partial charge in [0.25, 0.3) is 0 Å². The Morgan fingerprint density at radius 3 is 2.88 bits per heavy atom. The van der Waals surface area contributed by atoms with Gasteiger partial charge in [0.1, 0.15) is 5.75 Å². The average molecular weight is 423 g/mol. The van der Waals surface area contributed by atoms with E-state index < -0.39 is 5.91 Å². The number of benzene rings is 2. The average Bonchev–Trinajstić information content (AvgIpc) is 2.82. The van der Waals surface area contributed by atoms with Crippen molar-refractivity contribution in [2.24, 2.45) is 17.3 Å². The molecule has 0 spiro atoms. The largest absolute Gasteiger partial charge is 0.493 e. The van der Waals surface area contributed by atoms with Crippen molar-refractivity contribution in [1.29, 1.82) is 0 Å². The van der Waals surface area contributed by atoms with Crippen molar-refractivity contribution in [2.45, 2.75) is 0 Å². The van der Waals surface area contributed by atoms with Crippen LogP contribution in [-0.2, 0) is 11.8 Å². The highest BCUT2D eigenvalue weighted by Crippen LogP contribution is 2.39. The van der Waals surface area contributed by atoms with Crippen molar-refractivity contribution in [1.82, 2.24) is 4.57 Å². The van der Waals surface area contributed by atoms with Crippen LogP contribution in [0.2, 0.25) is 5.02 Å². The zero-order valence-corrected chi connectivity index (χ0v) is 15.5. The summed E-state index contributed by atoms with van der Waals surface area (Å²) in [5.41, 5.74) is 1.01. The van der Waals surface area contributed by atoms with Crippen molar-refractivity contribution in [3.63, 3.8) is 0 Å². The summed E-state index contributed by atoms with van der Waals surface area (Å²) >= 11 is 9.22. The molecule has 128 valence electrons. The quantitative estimate of drug-likeness (QED) is 0.602. The van der Waals surface area contributed by atoms with Gasteiger partial charge in [0.05, 0.1) is 5.52 Å². The number of hydrogen-bond acceptors (Lipinski definition) is 4. The van der Waals surface area contributed by atoms with Crippen LogP contribution in [0.15, 0.2) is 57.2 Å². The number of rotatable bonds is 4. The number of carbonyl (C=O) groups is 1. The molecule has 0 radical (unpaired) electrons. The third kappa shape index (κ3) is 3.83. The minimum absolute atomic E-state index is 0.0691. The molecule has 25 heavy (non-hydrogen) atoms. The molecule has 0 bridgehead atoms. The van der Waals surface area contributed by atoms with Crippen molar-refractivity contribution < 1.29 is 14.6 Å². The highest BCUT2D eigenvalue weighted by Gasteiger charge is 2.15. The molecule has 6 nitrogen and oxygen atoms in total. The van der Waals surface area contributed by atoms with Crippen LogP contribution in [0.4, 0.5) is 5.69 Å². The van der Waals surface area contributed by atoms with Gasteiger partial charge < -0.3 is 14.4 Å². The Balaban J connectivity index is 1.77. The second-order valence-electron chi connectivity index (χ2n) is 5.23. The van der Waals surface area contributed by atoms with E-state index in [-0.39, 0.29) is 18.2 Å². The fourth-order valence-corrected chi connectivity index (χ4v) is 2.86. The molecule has 2 aromatic carbocycles. The number of aromatic hydroxyl groups is 1. The van der Waals surface area contributed by atoms with E-state index in [0.29, 0.717) is 16.2 Å². The van der Waals surface area contributed by atoms with Gasteiger partial charge in [-0.05, 0) is 36.4 Å². The topological polar surface area (TPSA) is 76.2 Å². The van der Waals surface area contributed by atoms with Gasteiger partial charge in [-0.3, -0.25) is 4.79 Å². The van der Waals surface area contributed by atoms with Crippen LogP contribution in [0, 0.1) is 0 Å². The molecule has 0 aliphatic rings. The number of aromatic nitrogens is 1. The number of nitrogens with zero attached hydrogens (tertiary/aromatic N) is 3. The van der Waals surface area contributed by atoms with E-state index in [1.807, 2.05) is 12.1 Å². The summed E-state index contributed by atoms with van der Waals surface area (Å²) in [7, 11) is 1.70. The number of carbonyl (C=O) groups excluding carboxylic acids is 1.